The molecule has 0 aromatic heterocycles. The van der Waals surface area contributed by atoms with Gasteiger partial charge in [-0.1, -0.05) is 24.3 Å². The van der Waals surface area contributed by atoms with Crippen LogP contribution in [0.2, 0.25) is 0 Å². The van der Waals surface area contributed by atoms with Crippen molar-refractivity contribution in [3.05, 3.63) is 42.0 Å². The number of hydrogen-bond donors (Lipinski definition) is 2. The molecule has 0 heterocycles. The Morgan fingerprint density at radius 2 is 1.55 bits per heavy atom. The summed E-state index contributed by atoms with van der Waals surface area (Å²) in [6.45, 7) is -0.216. The summed E-state index contributed by atoms with van der Waals surface area (Å²) in [5, 5.41) is 11.0. The fraction of sp³-hybridized carbons (Fsp3) is 0.350. The van der Waals surface area contributed by atoms with Crippen molar-refractivity contribution in [1.82, 2.24) is 5.32 Å². The van der Waals surface area contributed by atoms with E-state index in [0.717, 1.165) is 11.1 Å². The molecule has 0 unspecified atom stereocenters. The van der Waals surface area contributed by atoms with Crippen LogP contribution in [0.3, 0.4) is 0 Å². The molecule has 0 spiro atoms. The zero-order valence-corrected chi connectivity index (χ0v) is 17.4. The van der Waals surface area contributed by atoms with Crippen molar-refractivity contribution in [2.24, 2.45) is 0 Å². The third-order valence-corrected chi connectivity index (χ3v) is 5.60. The van der Waals surface area contributed by atoms with Gasteiger partial charge < -0.3 is 24.6 Å². The quantitative estimate of drug-likeness (QED) is 0.594. The highest BCUT2D eigenvalue weighted by Crippen LogP contribution is 2.41. The van der Waals surface area contributed by atoms with Gasteiger partial charge in [0.05, 0.1) is 33.7 Å². The van der Waals surface area contributed by atoms with Crippen LogP contribution in [0.5, 0.6) is 17.2 Å². The number of carbonyl (C=O) groups is 1. The molecule has 2 N–H and O–H groups in total. The van der Waals surface area contributed by atoms with Gasteiger partial charge in [0.25, 0.3) is 0 Å². The van der Waals surface area contributed by atoms with Gasteiger partial charge in [-0.15, -0.1) is 0 Å². The summed E-state index contributed by atoms with van der Waals surface area (Å²) < 4.78 is 40.4. The van der Waals surface area contributed by atoms with Gasteiger partial charge in [-0.05, 0) is 28.8 Å². The fourth-order valence-corrected chi connectivity index (χ4v) is 4.10. The normalized spacial score (nSPS) is 11.0. The topological polar surface area (TPSA) is 111 Å². The Labute approximate surface area is 170 Å². The van der Waals surface area contributed by atoms with Gasteiger partial charge in [-0.2, -0.15) is 0 Å². The number of methoxy groups -OCH3 is 3. The lowest BCUT2D eigenvalue weighted by atomic mass is 10.0. The van der Waals surface area contributed by atoms with Gasteiger partial charge >= 0.3 is 0 Å². The molecule has 2 rings (SSSR count). The summed E-state index contributed by atoms with van der Waals surface area (Å²) in [6.07, 6.45) is 0. The number of carbonyl (C=O) groups excluding carboxylic acids is 1. The minimum absolute atomic E-state index is 0.0256. The fourth-order valence-electron chi connectivity index (χ4n) is 2.79. The molecule has 0 saturated carbocycles. The molecular weight excluding hydrogens is 398 g/mol. The smallest absolute Gasteiger partial charge is 0.235 e. The lowest BCUT2D eigenvalue weighted by Gasteiger charge is -2.14. The number of rotatable bonds is 10. The number of aliphatic hydroxyl groups is 1. The third-order valence-electron chi connectivity index (χ3n) is 4.12. The van der Waals surface area contributed by atoms with Crippen molar-refractivity contribution < 1.29 is 32.5 Å². The van der Waals surface area contributed by atoms with E-state index in [1.807, 2.05) is 0 Å². The second-order valence-corrected chi connectivity index (χ2v) is 8.28. The van der Waals surface area contributed by atoms with Gasteiger partial charge in [0.2, 0.25) is 11.7 Å². The number of sulfone groups is 1. The molecule has 1 amide bonds. The van der Waals surface area contributed by atoms with E-state index in [1.165, 1.54) is 21.3 Å². The van der Waals surface area contributed by atoms with E-state index in [0.29, 0.717) is 22.8 Å². The van der Waals surface area contributed by atoms with E-state index in [9.17, 15) is 13.2 Å². The number of ether oxygens (including phenoxy) is 3. The van der Waals surface area contributed by atoms with Crippen molar-refractivity contribution in [1.29, 1.82) is 0 Å². The first-order valence-corrected chi connectivity index (χ1v) is 10.6. The Morgan fingerprint density at radius 3 is 2.03 bits per heavy atom. The zero-order valence-electron chi connectivity index (χ0n) is 16.6. The average molecular weight is 423 g/mol. The van der Waals surface area contributed by atoms with Crippen LogP contribution in [0, 0.1) is 0 Å². The molecule has 158 valence electrons. The highest BCUT2D eigenvalue weighted by molar-refractivity contribution is 7.91. The molecule has 8 nitrogen and oxygen atoms in total. The molecule has 0 saturated heterocycles. The van der Waals surface area contributed by atoms with E-state index in [4.69, 9.17) is 19.3 Å². The van der Waals surface area contributed by atoms with Crippen molar-refractivity contribution in [2.75, 3.05) is 40.2 Å². The van der Waals surface area contributed by atoms with Crippen LogP contribution in [0.25, 0.3) is 11.1 Å². The lowest BCUT2D eigenvalue weighted by Crippen LogP contribution is -2.32. The predicted molar refractivity (Wildman–Crippen MR) is 109 cm³/mol. The van der Waals surface area contributed by atoms with Crippen LogP contribution in [-0.4, -0.2) is 59.7 Å². The summed E-state index contributed by atoms with van der Waals surface area (Å²) in [7, 11) is 0.972. The van der Waals surface area contributed by atoms with E-state index in [2.05, 4.69) is 5.32 Å². The largest absolute Gasteiger partial charge is 0.493 e. The molecule has 29 heavy (non-hydrogen) atoms. The van der Waals surface area contributed by atoms with Crippen LogP contribution in [0.1, 0.15) is 5.56 Å². The lowest BCUT2D eigenvalue weighted by molar-refractivity contribution is -0.118. The second kappa shape index (κ2) is 10.1. The molecule has 0 aliphatic carbocycles. The van der Waals surface area contributed by atoms with E-state index in [-0.39, 0.29) is 18.9 Å². The van der Waals surface area contributed by atoms with Gasteiger partial charge in [0.15, 0.2) is 21.3 Å². The predicted octanol–water partition coefficient (Wildman–Crippen LogP) is 1.40. The maximum absolute atomic E-state index is 12.2. The first-order valence-electron chi connectivity index (χ1n) is 8.80. The Bertz CT molecular complexity index is 915. The monoisotopic (exact) mass is 423 g/mol. The summed E-state index contributed by atoms with van der Waals surface area (Å²) in [5.74, 6) is 0.00953. The van der Waals surface area contributed by atoms with E-state index in [1.54, 1.807) is 36.4 Å². The van der Waals surface area contributed by atoms with Gasteiger partial charge in [-0.3, -0.25) is 4.79 Å². The molecule has 0 aliphatic heterocycles. The Morgan fingerprint density at radius 1 is 0.966 bits per heavy atom. The maximum Gasteiger partial charge on any atom is 0.235 e. The number of hydrogen-bond acceptors (Lipinski definition) is 7. The van der Waals surface area contributed by atoms with E-state index >= 15 is 0 Å². The summed E-state index contributed by atoms with van der Waals surface area (Å²) in [6, 6.07) is 10.6. The van der Waals surface area contributed by atoms with Gasteiger partial charge in [0, 0.05) is 6.54 Å². The van der Waals surface area contributed by atoms with Crippen LogP contribution in [0.15, 0.2) is 36.4 Å². The number of nitrogens with one attached hydrogen (secondary N) is 1. The summed E-state index contributed by atoms with van der Waals surface area (Å²) in [5.41, 5.74) is 2.22. The first kappa shape index (κ1) is 22.5. The molecule has 0 aliphatic rings. The Kier molecular flexibility index (Phi) is 7.86. The zero-order chi connectivity index (χ0) is 21.4. The van der Waals surface area contributed by atoms with Crippen molar-refractivity contribution >= 4 is 15.7 Å². The molecular formula is C20H25NO7S. The third kappa shape index (κ3) is 6.10. The van der Waals surface area contributed by atoms with Crippen LogP contribution in [0.4, 0.5) is 0 Å². The Balaban J connectivity index is 2.19. The molecule has 0 bridgehead atoms. The average Bonchev–Trinajstić information content (AvgIpc) is 2.70. The highest BCUT2D eigenvalue weighted by atomic mass is 32.2. The number of aliphatic hydroxyl groups excluding tert-OH is 1. The molecule has 0 radical (unpaired) electrons. The van der Waals surface area contributed by atoms with E-state index < -0.39 is 21.5 Å². The minimum atomic E-state index is -3.62. The molecule has 0 fully saturated rings. The highest BCUT2D eigenvalue weighted by Gasteiger charge is 2.18. The SMILES string of the molecule is COc1cc(-c2ccc(CS(=O)(=O)CC(=O)NCCO)cc2)cc(OC)c1OC. The molecule has 0 atom stereocenters. The first-order chi connectivity index (χ1) is 13.8. The van der Waals surface area contributed by atoms with Crippen LogP contribution < -0.4 is 19.5 Å². The van der Waals surface area contributed by atoms with Crippen molar-refractivity contribution in [2.45, 2.75) is 5.75 Å². The van der Waals surface area contributed by atoms with Crippen molar-refractivity contribution in [3.8, 4) is 28.4 Å². The Hall–Kier alpha value is -2.78. The van der Waals surface area contributed by atoms with Crippen molar-refractivity contribution in [3.63, 3.8) is 0 Å². The van der Waals surface area contributed by atoms with Gasteiger partial charge in [-0.25, -0.2) is 8.42 Å². The maximum atomic E-state index is 12.2. The van der Waals surface area contributed by atoms with Crippen LogP contribution in [-0.2, 0) is 20.4 Å². The molecule has 2 aromatic carbocycles. The molecule has 9 heteroatoms. The minimum Gasteiger partial charge on any atom is -0.493 e. The second-order valence-electron chi connectivity index (χ2n) is 6.22. The summed E-state index contributed by atoms with van der Waals surface area (Å²) >= 11 is 0. The standard InChI is InChI=1S/C20H25NO7S/c1-26-17-10-16(11-18(27-2)20(17)28-3)15-6-4-14(5-7-15)12-29(24,25)13-19(23)21-8-9-22/h4-7,10-11,22H,8-9,12-13H2,1-3H3,(H,21,23). The van der Waals surface area contributed by atoms with Crippen LogP contribution >= 0.6 is 0 Å². The number of amides is 1. The number of benzene rings is 2. The summed E-state index contributed by atoms with van der Waals surface area (Å²) in [4.78, 5) is 11.6. The molecule has 2 aromatic rings. The van der Waals surface area contributed by atoms with Gasteiger partial charge in [0.1, 0.15) is 5.75 Å².